The van der Waals surface area contributed by atoms with Gasteiger partial charge in [-0.3, -0.25) is 19.5 Å². The number of aromatic nitrogens is 2. The fraction of sp³-hybridized carbons (Fsp3) is 0.522. The van der Waals surface area contributed by atoms with Gasteiger partial charge >= 0.3 is 0 Å². The SMILES string of the molecule is O=C(Cc1c[nH][nH]c1=O)N1C[C@H]2C[C@@H](C1)[C@H](Cc1ccccc1)N1C(=O)CCC[C@@H]21. The normalized spacial score (nSPS) is 28.3. The zero-order valence-electron chi connectivity index (χ0n) is 17.0. The Morgan fingerprint density at radius 2 is 1.90 bits per heavy atom. The second kappa shape index (κ2) is 7.78. The maximum absolute atomic E-state index is 13.0. The van der Waals surface area contributed by atoms with Gasteiger partial charge in [0.2, 0.25) is 11.8 Å². The lowest BCUT2D eigenvalue weighted by molar-refractivity contribution is -0.155. The first kappa shape index (κ1) is 19.2. The Morgan fingerprint density at radius 1 is 1.10 bits per heavy atom. The van der Waals surface area contributed by atoms with Crippen molar-refractivity contribution in [1.82, 2.24) is 20.0 Å². The summed E-state index contributed by atoms with van der Waals surface area (Å²) < 4.78 is 0. The number of hydrogen-bond donors (Lipinski definition) is 2. The Labute approximate surface area is 175 Å². The third kappa shape index (κ3) is 3.46. The number of nitrogens with one attached hydrogen (secondary N) is 2. The van der Waals surface area contributed by atoms with Crippen molar-refractivity contribution in [2.45, 2.75) is 50.6 Å². The van der Waals surface area contributed by atoms with E-state index in [1.165, 1.54) is 5.56 Å². The lowest BCUT2D eigenvalue weighted by atomic mass is 9.70. The van der Waals surface area contributed by atoms with Gasteiger partial charge in [-0.05, 0) is 43.1 Å². The summed E-state index contributed by atoms with van der Waals surface area (Å²) in [6.07, 6.45) is 6.19. The van der Waals surface area contributed by atoms with Crippen molar-refractivity contribution in [3.8, 4) is 0 Å². The van der Waals surface area contributed by atoms with Gasteiger partial charge in [-0.25, -0.2) is 0 Å². The number of aromatic amines is 2. The summed E-state index contributed by atoms with van der Waals surface area (Å²) in [4.78, 5) is 41.9. The molecule has 3 aliphatic heterocycles. The van der Waals surface area contributed by atoms with Gasteiger partial charge in [0, 0.05) is 43.4 Å². The summed E-state index contributed by atoms with van der Waals surface area (Å²) >= 11 is 0. The Balaban J connectivity index is 1.40. The molecule has 2 bridgehead atoms. The molecule has 0 radical (unpaired) electrons. The summed E-state index contributed by atoms with van der Waals surface area (Å²) in [7, 11) is 0. The first-order valence-corrected chi connectivity index (χ1v) is 11.0. The zero-order chi connectivity index (χ0) is 20.7. The smallest absolute Gasteiger partial charge is 0.267 e. The molecule has 0 aliphatic carbocycles. The molecule has 0 saturated carbocycles. The van der Waals surface area contributed by atoms with Crippen LogP contribution in [0.2, 0.25) is 0 Å². The van der Waals surface area contributed by atoms with Gasteiger partial charge in [0.05, 0.1) is 6.42 Å². The van der Waals surface area contributed by atoms with Gasteiger partial charge in [-0.2, -0.15) is 0 Å². The van der Waals surface area contributed by atoms with E-state index >= 15 is 0 Å². The van der Waals surface area contributed by atoms with E-state index in [0.717, 1.165) is 25.7 Å². The molecule has 5 rings (SSSR count). The van der Waals surface area contributed by atoms with Crippen molar-refractivity contribution in [3.63, 3.8) is 0 Å². The molecule has 7 nitrogen and oxygen atoms in total. The molecule has 3 aliphatic rings. The predicted octanol–water partition coefficient (Wildman–Crippen LogP) is 1.72. The molecule has 4 atom stereocenters. The summed E-state index contributed by atoms with van der Waals surface area (Å²) in [5.41, 5.74) is 1.48. The van der Waals surface area contributed by atoms with Crippen molar-refractivity contribution < 1.29 is 9.59 Å². The second-order valence-corrected chi connectivity index (χ2v) is 9.02. The quantitative estimate of drug-likeness (QED) is 0.807. The van der Waals surface area contributed by atoms with Crippen molar-refractivity contribution in [1.29, 1.82) is 0 Å². The van der Waals surface area contributed by atoms with Crippen molar-refractivity contribution >= 4 is 11.8 Å². The van der Waals surface area contributed by atoms with Crippen LogP contribution in [0.3, 0.4) is 0 Å². The zero-order valence-corrected chi connectivity index (χ0v) is 17.0. The lowest BCUT2D eigenvalue weighted by Gasteiger charge is -2.56. The van der Waals surface area contributed by atoms with E-state index in [0.29, 0.717) is 31.0 Å². The number of benzene rings is 1. The van der Waals surface area contributed by atoms with Crippen molar-refractivity contribution in [2.75, 3.05) is 13.1 Å². The molecule has 2 aromatic rings. The highest BCUT2D eigenvalue weighted by Crippen LogP contribution is 2.42. The largest absolute Gasteiger partial charge is 0.342 e. The van der Waals surface area contributed by atoms with Crippen LogP contribution in [-0.4, -0.2) is 57.0 Å². The number of likely N-dealkylation sites (tertiary alicyclic amines) is 1. The van der Waals surface area contributed by atoms with Gasteiger partial charge in [-0.15, -0.1) is 0 Å². The fourth-order valence-electron chi connectivity index (χ4n) is 5.84. The van der Waals surface area contributed by atoms with Crippen LogP contribution in [0.5, 0.6) is 0 Å². The van der Waals surface area contributed by atoms with Crippen LogP contribution < -0.4 is 5.56 Å². The van der Waals surface area contributed by atoms with Crippen LogP contribution in [0.4, 0.5) is 0 Å². The molecule has 2 amide bonds. The highest BCUT2D eigenvalue weighted by atomic mass is 16.2. The monoisotopic (exact) mass is 408 g/mol. The Morgan fingerprint density at radius 3 is 2.67 bits per heavy atom. The van der Waals surface area contributed by atoms with Gasteiger partial charge in [-0.1, -0.05) is 30.3 Å². The average Bonchev–Trinajstić information content (AvgIpc) is 3.16. The first-order valence-electron chi connectivity index (χ1n) is 11.0. The van der Waals surface area contributed by atoms with E-state index in [9.17, 15) is 14.4 Å². The maximum atomic E-state index is 13.0. The van der Waals surface area contributed by atoms with Crippen LogP contribution in [-0.2, 0) is 22.4 Å². The Hall–Kier alpha value is -2.83. The van der Waals surface area contributed by atoms with Gasteiger partial charge in [0.1, 0.15) is 0 Å². The maximum Gasteiger partial charge on any atom is 0.267 e. The molecule has 7 heteroatoms. The molecule has 2 N–H and O–H groups in total. The molecule has 30 heavy (non-hydrogen) atoms. The van der Waals surface area contributed by atoms with E-state index in [-0.39, 0.29) is 41.8 Å². The third-order valence-electron chi connectivity index (χ3n) is 7.20. The topological polar surface area (TPSA) is 89.3 Å². The van der Waals surface area contributed by atoms with E-state index in [4.69, 9.17) is 0 Å². The van der Waals surface area contributed by atoms with Crippen LogP contribution in [0.15, 0.2) is 41.3 Å². The molecule has 3 fully saturated rings. The first-order chi connectivity index (χ1) is 14.6. The van der Waals surface area contributed by atoms with E-state index < -0.39 is 0 Å². The van der Waals surface area contributed by atoms with Crippen LogP contribution >= 0.6 is 0 Å². The number of nitrogens with zero attached hydrogens (tertiary/aromatic N) is 2. The van der Waals surface area contributed by atoms with E-state index in [1.54, 1.807) is 6.20 Å². The molecule has 0 unspecified atom stereocenters. The van der Waals surface area contributed by atoms with Gasteiger partial charge in [0.25, 0.3) is 5.56 Å². The minimum atomic E-state index is -0.230. The number of hydrogen-bond acceptors (Lipinski definition) is 3. The molecule has 158 valence electrons. The average molecular weight is 409 g/mol. The standard InChI is InChI=1S/C23H28N4O3/c28-21-8-4-7-19-17-10-18(20(27(19)21)9-15-5-2-1-3-6-15)14-26(13-17)22(29)11-16-12-24-25-23(16)30/h1-3,5-6,12,17-20H,4,7-11,13-14H2,(H2,24,25,30)/t17-,18+,19+,20+/m1/s1. The predicted molar refractivity (Wildman–Crippen MR) is 112 cm³/mol. The van der Waals surface area contributed by atoms with Crippen LogP contribution in [0.1, 0.15) is 36.8 Å². The highest BCUT2D eigenvalue weighted by molar-refractivity contribution is 5.80. The third-order valence-corrected chi connectivity index (χ3v) is 7.20. The number of carbonyl (C=O) groups excluding carboxylic acids is 2. The second-order valence-electron chi connectivity index (χ2n) is 9.02. The molecular formula is C23H28N4O3. The lowest BCUT2D eigenvalue weighted by Crippen LogP contribution is -2.66. The molecule has 1 aromatic heterocycles. The molecule has 1 aromatic carbocycles. The number of H-pyrrole nitrogens is 2. The minimum absolute atomic E-state index is 0.00356. The molecule has 0 spiro atoms. The fourth-order valence-corrected chi connectivity index (χ4v) is 5.84. The van der Waals surface area contributed by atoms with E-state index in [2.05, 4.69) is 27.2 Å². The van der Waals surface area contributed by atoms with Crippen molar-refractivity contribution in [3.05, 3.63) is 58.0 Å². The highest BCUT2D eigenvalue weighted by Gasteiger charge is 2.49. The number of carbonyl (C=O) groups is 2. The molecule has 4 heterocycles. The summed E-state index contributed by atoms with van der Waals surface area (Å²) in [6.45, 7) is 1.34. The van der Waals surface area contributed by atoms with Crippen LogP contribution in [0.25, 0.3) is 0 Å². The Bertz CT molecular complexity index is 982. The van der Waals surface area contributed by atoms with Crippen LogP contribution in [0, 0.1) is 11.8 Å². The minimum Gasteiger partial charge on any atom is -0.342 e. The Kier molecular flexibility index (Phi) is 4.97. The number of fused-ring (bicyclic) bond motifs is 4. The van der Waals surface area contributed by atoms with Gasteiger partial charge in [0.15, 0.2) is 0 Å². The summed E-state index contributed by atoms with van der Waals surface area (Å²) in [6, 6.07) is 10.7. The summed E-state index contributed by atoms with van der Waals surface area (Å²) in [5, 5.41) is 5.17. The van der Waals surface area contributed by atoms with Gasteiger partial charge < -0.3 is 14.9 Å². The number of rotatable bonds is 4. The molecular weight excluding hydrogens is 380 g/mol. The molecule has 3 saturated heterocycles. The number of piperidine rings is 3. The number of amides is 2. The van der Waals surface area contributed by atoms with E-state index in [1.807, 2.05) is 23.1 Å². The summed E-state index contributed by atoms with van der Waals surface area (Å²) in [5.74, 6) is 0.883. The van der Waals surface area contributed by atoms with Crippen molar-refractivity contribution in [2.24, 2.45) is 11.8 Å².